The van der Waals surface area contributed by atoms with E-state index < -0.39 is 6.10 Å². The lowest BCUT2D eigenvalue weighted by molar-refractivity contribution is -0.158. The van der Waals surface area contributed by atoms with Crippen LogP contribution in [0.1, 0.15) is 22.8 Å². The number of carbonyl (C=O) groups excluding carboxylic acids is 2. The molecule has 1 unspecified atom stereocenters. The first kappa shape index (κ1) is 17.4. The molecule has 0 aliphatic carbocycles. The lowest BCUT2D eigenvalue weighted by atomic mass is 10.1. The Balaban J connectivity index is 2.00. The third-order valence-electron chi connectivity index (χ3n) is 3.77. The van der Waals surface area contributed by atoms with Gasteiger partial charge in [0, 0.05) is 32.7 Å². The maximum atomic E-state index is 12.5. The fourth-order valence-corrected chi connectivity index (χ4v) is 2.41. The Labute approximate surface area is 137 Å². The van der Waals surface area contributed by atoms with Gasteiger partial charge in [-0.15, -0.1) is 0 Å². The summed E-state index contributed by atoms with van der Waals surface area (Å²) in [6, 6.07) is 7.34. The van der Waals surface area contributed by atoms with Crippen LogP contribution in [0.25, 0.3) is 0 Å². The van der Waals surface area contributed by atoms with Gasteiger partial charge in [0.25, 0.3) is 11.8 Å². The average Bonchev–Trinajstić information content (AvgIpc) is 2.59. The van der Waals surface area contributed by atoms with E-state index in [1.165, 1.54) is 4.90 Å². The number of likely N-dealkylation sites (N-methyl/N-ethyl adjacent to an activating group) is 1. The van der Waals surface area contributed by atoms with E-state index in [2.05, 4.69) is 0 Å². The molecule has 1 saturated heterocycles. The molecule has 6 heteroatoms. The molecule has 1 aromatic carbocycles. The second kappa shape index (κ2) is 8.08. The molecule has 0 N–H and O–H groups in total. The summed E-state index contributed by atoms with van der Waals surface area (Å²) in [5, 5.41) is 0. The van der Waals surface area contributed by atoms with Crippen molar-refractivity contribution < 1.29 is 19.1 Å². The number of carbonyl (C=O) groups is 2. The van der Waals surface area contributed by atoms with E-state index in [4.69, 9.17) is 9.47 Å². The van der Waals surface area contributed by atoms with Crippen LogP contribution in [0, 0.1) is 0 Å². The Hall–Kier alpha value is -1.92. The highest BCUT2D eigenvalue weighted by atomic mass is 16.6. The van der Waals surface area contributed by atoms with Crippen LogP contribution in [0.15, 0.2) is 24.3 Å². The summed E-state index contributed by atoms with van der Waals surface area (Å²) in [7, 11) is 3.44. The molecule has 23 heavy (non-hydrogen) atoms. The Kier molecular flexibility index (Phi) is 6.12. The Morgan fingerprint density at radius 1 is 1.17 bits per heavy atom. The molecular weight excluding hydrogens is 296 g/mol. The van der Waals surface area contributed by atoms with Crippen LogP contribution in [-0.2, 0) is 20.8 Å². The summed E-state index contributed by atoms with van der Waals surface area (Å²) in [5.41, 5.74) is 1.62. The van der Waals surface area contributed by atoms with Gasteiger partial charge >= 0.3 is 0 Å². The van der Waals surface area contributed by atoms with Gasteiger partial charge in [-0.25, -0.2) is 0 Å². The molecule has 2 amide bonds. The molecule has 2 rings (SSSR count). The van der Waals surface area contributed by atoms with Crippen molar-refractivity contribution >= 4 is 11.8 Å². The van der Waals surface area contributed by atoms with Crippen LogP contribution in [0.2, 0.25) is 0 Å². The van der Waals surface area contributed by atoms with Gasteiger partial charge in [-0.3, -0.25) is 9.59 Å². The number of ether oxygens (including phenoxy) is 2. The van der Waals surface area contributed by atoms with E-state index in [0.29, 0.717) is 38.5 Å². The highest BCUT2D eigenvalue weighted by Gasteiger charge is 2.26. The number of rotatable bonds is 5. The minimum absolute atomic E-state index is 0.0345. The highest BCUT2D eigenvalue weighted by molar-refractivity contribution is 5.93. The molecule has 0 saturated carbocycles. The molecule has 0 radical (unpaired) electrons. The van der Waals surface area contributed by atoms with Gasteiger partial charge < -0.3 is 19.3 Å². The zero-order chi connectivity index (χ0) is 16.8. The lowest BCUT2D eigenvalue weighted by Crippen LogP contribution is -2.44. The van der Waals surface area contributed by atoms with Crippen molar-refractivity contribution in [3.63, 3.8) is 0 Å². The zero-order valence-electron chi connectivity index (χ0n) is 13.9. The van der Waals surface area contributed by atoms with Crippen LogP contribution >= 0.6 is 0 Å². The Bertz CT molecular complexity index is 536. The molecule has 1 heterocycles. The van der Waals surface area contributed by atoms with Gasteiger partial charge in [-0.05, 0) is 24.6 Å². The van der Waals surface area contributed by atoms with Crippen molar-refractivity contribution in [1.29, 1.82) is 0 Å². The van der Waals surface area contributed by atoms with Crippen molar-refractivity contribution in [3.05, 3.63) is 35.4 Å². The fraction of sp³-hybridized carbons (Fsp3) is 0.529. The van der Waals surface area contributed by atoms with E-state index in [9.17, 15) is 9.59 Å². The summed E-state index contributed by atoms with van der Waals surface area (Å²) >= 11 is 0. The summed E-state index contributed by atoms with van der Waals surface area (Å²) in [5.74, 6) is -0.0895. The second-order valence-electron chi connectivity index (χ2n) is 5.68. The Morgan fingerprint density at radius 3 is 2.39 bits per heavy atom. The van der Waals surface area contributed by atoms with Gasteiger partial charge in [-0.2, -0.15) is 0 Å². The molecular formula is C17H24N2O4. The summed E-state index contributed by atoms with van der Waals surface area (Å²) in [4.78, 5) is 27.6. The Morgan fingerprint density at radius 2 is 1.87 bits per heavy atom. The van der Waals surface area contributed by atoms with Crippen molar-refractivity contribution in [2.45, 2.75) is 19.6 Å². The molecule has 126 valence electrons. The predicted octanol–water partition coefficient (Wildman–Crippen LogP) is 1.15. The maximum Gasteiger partial charge on any atom is 0.254 e. The summed E-state index contributed by atoms with van der Waals surface area (Å²) < 4.78 is 10.8. The minimum Gasteiger partial charge on any atom is -0.376 e. The van der Waals surface area contributed by atoms with Crippen molar-refractivity contribution in [3.8, 4) is 0 Å². The van der Waals surface area contributed by atoms with Crippen molar-refractivity contribution in [2.24, 2.45) is 0 Å². The number of hydrogen-bond acceptors (Lipinski definition) is 4. The van der Waals surface area contributed by atoms with E-state index in [1.807, 2.05) is 19.1 Å². The lowest BCUT2D eigenvalue weighted by Gasteiger charge is -2.28. The quantitative estimate of drug-likeness (QED) is 0.817. The molecule has 6 nitrogen and oxygen atoms in total. The van der Waals surface area contributed by atoms with Gasteiger partial charge in [0.15, 0.2) is 6.10 Å². The third kappa shape index (κ3) is 4.53. The SMILES string of the molecule is CCN(Cc1ccc(C(=O)N(C)C)cc1)C(=O)C1COCCO1. The zero-order valence-corrected chi connectivity index (χ0v) is 13.9. The van der Waals surface area contributed by atoms with Crippen molar-refractivity contribution in [1.82, 2.24) is 9.80 Å². The normalized spacial score (nSPS) is 17.6. The van der Waals surface area contributed by atoms with Crippen LogP contribution < -0.4 is 0 Å². The summed E-state index contributed by atoms with van der Waals surface area (Å²) in [6.45, 7) is 4.33. The van der Waals surface area contributed by atoms with Crippen LogP contribution in [0.4, 0.5) is 0 Å². The minimum atomic E-state index is -0.515. The van der Waals surface area contributed by atoms with E-state index in [0.717, 1.165) is 5.56 Å². The fourth-order valence-electron chi connectivity index (χ4n) is 2.41. The molecule has 1 atom stereocenters. The molecule has 1 aliphatic rings. The third-order valence-corrected chi connectivity index (χ3v) is 3.77. The van der Waals surface area contributed by atoms with Gasteiger partial charge in [0.05, 0.1) is 19.8 Å². The number of amides is 2. The topological polar surface area (TPSA) is 59.1 Å². The van der Waals surface area contributed by atoms with Gasteiger partial charge in [-0.1, -0.05) is 12.1 Å². The highest BCUT2D eigenvalue weighted by Crippen LogP contribution is 2.12. The van der Waals surface area contributed by atoms with Gasteiger partial charge in [0.1, 0.15) is 0 Å². The summed E-state index contributed by atoms with van der Waals surface area (Å²) in [6.07, 6.45) is -0.515. The van der Waals surface area contributed by atoms with E-state index >= 15 is 0 Å². The maximum absolute atomic E-state index is 12.5. The number of hydrogen-bond donors (Lipinski definition) is 0. The molecule has 0 spiro atoms. The first-order chi connectivity index (χ1) is 11.0. The van der Waals surface area contributed by atoms with Crippen LogP contribution in [0.3, 0.4) is 0 Å². The van der Waals surface area contributed by atoms with Crippen LogP contribution in [0.5, 0.6) is 0 Å². The number of benzene rings is 1. The molecule has 1 aromatic rings. The van der Waals surface area contributed by atoms with Crippen LogP contribution in [-0.4, -0.2) is 68.2 Å². The van der Waals surface area contributed by atoms with E-state index in [-0.39, 0.29) is 11.8 Å². The smallest absolute Gasteiger partial charge is 0.254 e. The molecule has 1 aliphatic heterocycles. The molecule has 1 fully saturated rings. The largest absolute Gasteiger partial charge is 0.376 e. The molecule has 0 aromatic heterocycles. The number of nitrogens with zero attached hydrogens (tertiary/aromatic N) is 2. The second-order valence-corrected chi connectivity index (χ2v) is 5.68. The standard InChI is InChI=1S/C17H24N2O4/c1-4-19(17(21)15-12-22-9-10-23-15)11-13-5-7-14(8-6-13)16(20)18(2)3/h5-8,15H,4,9-12H2,1-3H3. The predicted molar refractivity (Wildman–Crippen MR) is 86.1 cm³/mol. The first-order valence-corrected chi connectivity index (χ1v) is 7.81. The van der Waals surface area contributed by atoms with E-state index in [1.54, 1.807) is 31.1 Å². The molecule has 0 bridgehead atoms. The first-order valence-electron chi connectivity index (χ1n) is 7.81. The van der Waals surface area contributed by atoms with Crippen molar-refractivity contribution in [2.75, 3.05) is 40.5 Å². The average molecular weight is 320 g/mol. The monoisotopic (exact) mass is 320 g/mol. The van der Waals surface area contributed by atoms with Gasteiger partial charge in [0.2, 0.25) is 0 Å².